The van der Waals surface area contributed by atoms with Gasteiger partial charge >= 0.3 is 0 Å². The van der Waals surface area contributed by atoms with Crippen LogP contribution in [0.5, 0.6) is 0 Å². The first-order chi connectivity index (χ1) is 13.6. The Bertz CT molecular complexity index is 935. The Balaban J connectivity index is 1.29. The van der Waals surface area contributed by atoms with E-state index in [-0.39, 0.29) is 5.91 Å². The molecule has 0 atom stereocenters. The van der Waals surface area contributed by atoms with Gasteiger partial charge in [-0.3, -0.25) is 4.79 Å². The fourth-order valence-corrected chi connectivity index (χ4v) is 4.76. The normalized spacial score (nSPS) is 15.1. The summed E-state index contributed by atoms with van der Waals surface area (Å²) in [4.78, 5) is 22.8. The molecule has 2 heterocycles. The van der Waals surface area contributed by atoms with E-state index >= 15 is 0 Å². The zero-order valence-electron chi connectivity index (χ0n) is 15.9. The number of likely N-dealkylation sites (N-methyl/N-ethyl adjacent to an activating group) is 1. The molecule has 1 aromatic heterocycles. The minimum atomic E-state index is 0.172. The smallest absolute Gasteiger partial charge is 0.277 e. The van der Waals surface area contributed by atoms with Gasteiger partial charge < -0.3 is 14.7 Å². The zero-order valence-corrected chi connectivity index (χ0v) is 17.5. The van der Waals surface area contributed by atoms with Crippen molar-refractivity contribution in [2.75, 3.05) is 44.7 Å². The lowest BCUT2D eigenvalue weighted by Crippen LogP contribution is -3.15. The molecule has 0 radical (unpaired) electrons. The third-order valence-corrected chi connectivity index (χ3v) is 6.44. The maximum absolute atomic E-state index is 12.7. The van der Waals surface area contributed by atoms with Crippen LogP contribution in [0.3, 0.4) is 0 Å². The van der Waals surface area contributed by atoms with E-state index in [0.29, 0.717) is 13.1 Å². The van der Waals surface area contributed by atoms with Crippen LogP contribution in [-0.2, 0) is 11.3 Å². The number of anilines is 1. The number of amides is 1. The predicted molar refractivity (Wildman–Crippen MR) is 115 cm³/mol. The largest absolute Gasteiger partial charge is 0.360 e. The molecule has 1 aliphatic rings. The van der Waals surface area contributed by atoms with Gasteiger partial charge in [-0.15, -0.1) is 11.3 Å². The van der Waals surface area contributed by atoms with Crippen LogP contribution >= 0.6 is 22.9 Å². The van der Waals surface area contributed by atoms with E-state index in [9.17, 15) is 4.79 Å². The molecule has 0 bridgehead atoms. The molecule has 7 heteroatoms. The molecule has 1 amide bonds. The maximum Gasteiger partial charge on any atom is 0.277 e. The molecule has 146 valence electrons. The molecule has 3 aromatic rings. The van der Waals surface area contributed by atoms with E-state index < -0.39 is 0 Å². The second-order valence-corrected chi connectivity index (χ2v) is 8.77. The van der Waals surface area contributed by atoms with Gasteiger partial charge in [-0.05, 0) is 30.3 Å². The third-order valence-electron chi connectivity index (χ3n) is 5.18. The third kappa shape index (κ3) is 4.46. The molecule has 1 fully saturated rings. The lowest BCUT2D eigenvalue weighted by molar-refractivity contribution is -0.892. The van der Waals surface area contributed by atoms with Crippen LogP contribution in [0.2, 0.25) is 5.02 Å². The van der Waals surface area contributed by atoms with Gasteiger partial charge in [0.15, 0.2) is 6.54 Å². The summed E-state index contributed by atoms with van der Waals surface area (Å²) >= 11 is 7.76. The van der Waals surface area contributed by atoms with E-state index in [1.54, 1.807) is 16.2 Å². The number of quaternary nitrogens is 1. The number of carbonyl (C=O) groups is 1. The van der Waals surface area contributed by atoms with Gasteiger partial charge in [0.2, 0.25) is 0 Å². The molecule has 2 aromatic carbocycles. The number of fused-ring (bicyclic) bond motifs is 1. The highest BCUT2D eigenvalue weighted by molar-refractivity contribution is 7.18. The Morgan fingerprint density at radius 3 is 2.75 bits per heavy atom. The highest BCUT2D eigenvalue weighted by Gasteiger charge is 2.24. The molecule has 0 unspecified atom stereocenters. The molecule has 0 aliphatic carbocycles. The summed E-state index contributed by atoms with van der Waals surface area (Å²) in [5.74, 6) is 0.172. The summed E-state index contributed by atoms with van der Waals surface area (Å²) in [7, 11) is 1.87. The van der Waals surface area contributed by atoms with Gasteiger partial charge in [0.05, 0.1) is 42.9 Å². The number of hydrogen-bond donors (Lipinski definition) is 1. The molecule has 1 N–H and O–H groups in total. The number of piperazine rings is 1. The summed E-state index contributed by atoms with van der Waals surface area (Å²) in [5.41, 5.74) is 2.16. The number of rotatable bonds is 5. The Morgan fingerprint density at radius 2 is 2.00 bits per heavy atom. The summed E-state index contributed by atoms with van der Waals surface area (Å²) in [5, 5.41) is 1.75. The number of halogens is 1. The zero-order chi connectivity index (χ0) is 19.5. The Morgan fingerprint density at radius 1 is 1.21 bits per heavy atom. The number of aromatic nitrogens is 1. The van der Waals surface area contributed by atoms with Crippen LogP contribution in [0, 0.1) is 0 Å². The molecule has 4 rings (SSSR count). The van der Waals surface area contributed by atoms with E-state index in [4.69, 9.17) is 11.6 Å². The predicted octanol–water partition coefficient (Wildman–Crippen LogP) is 2.31. The van der Waals surface area contributed by atoms with E-state index in [2.05, 4.69) is 22.0 Å². The first kappa shape index (κ1) is 19.2. The maximum atomic E-state index is 12.7. The quantitative estimate of drug-likeness (QED) is 0.695. The molecule has 0 spiro atoms. The van der Waals surface area contributed by atoms with Crippen molar-refractivity contribution in [3.8, 4) is 0 Å². The number of benzene rings is 2. The average molecular weight is 416 g/mol. The SMILES string of the molecule is CN(Cc1nc2ccccc2s1)C(=O)C[NH+]1CCN(c2cccc(Cl)c2)CC1. The Labute approximate surface area is 174 Å². The van der Waals surface area contributed by atoms with Crippen molar-refractivity contribution in [3.05, 3.63) is 58.6 Å². The second kappa shape index (κ2) is 8.47. The molecule has 28 heavy (non-hydrogen) atoms. The standard InChI is InChI=1S/C21H23ClN4OS/c1-24(14-20-23-18-7-2-3-8-19(18)28-20)21(27)15-25-9-11-26(12-10-25)17-6-4-5-16(22)13-17/h2-8,13H,9-12,14-15H2,1H3/p+1. The fraction of sp³-hybridized carbons (Fsp3) is 0.333. The van der Waals surface area contributed by atoms with Gasteiger partial charge in [0, 0.05) is 17.8 Å². The van der Waals surface area contributed by atoms with Crippen LogP contribution in [0.15, 0.2) is 48.5 Å². The highest BCUT2D eigenvalue weighted by atomic mass is 35.5. The summed E-state index contributed by atoms with van der Waals surface area (Å²) in [6, 6.07) is 16.1. The molecule has 0 saturated carbocycles. The van der Waals surface area contributed by atoms with Crippen LogP contribution < -0.4 is 9.80 Å². The van der Waals surface area contributed by atoms with Crippen molar-refractivity contribution in [3.63, 3.8) is 0 Å². The van der Waals surface area contributed by atoms with Crippen LogP contribution in [0.1, 0.15) is 5.01 Å². The van der Waals surface area contributed by atoms with Gasteiger partial charge in [-0.2, -0.15) is 0 Å². The van der Waals surface area contributed by atoms with Crippen LogP contribution in [-0.4, -0.2) is 55.6 Å². The topological polar surface area (TPSA) is 40.9 Å². The van der Waals surface area contributed by atoms with Crippen molar-refractivity contribution in [2.45, 2.75) is 6.54 Å². The average Bonchev–Trinajstić information content (AvgIpc) is 3.10. The minimum absolute atomic E-state index is 0.172. The van der Waals surface area contributed by atoms with Crippen molar-refractivity contribution in [1.82, 2.24) is 9.88 Å². The van der Waals surface area contributed by atoms with Crippen LogP contribution in [0.25, 0.3) is 10.2 Å². The van der Waals surface area contributed by atoms with Gasteiger partial charge in [-0.1, -0.05) is 29.8 Å². The number of carbonyl (C=O) groups excluding carboxylic acids is 1. The van der Waals surface area contributed by atoms with E-state index in [1.807, 2.05) is 43.4 Å². The first-order valence-corrected chi connectivity index (χ1v) is 10.7. The first-order valence-electron chi connectivity index (χ1n) is 9.51. The van der Waals surface area contributed by atoms with Crippen LogP contribution in [0.4, 0.5) is 5.69 Å². The Kier molecular flexibility index (Phi) is 5.80. The summed E-state index contributed by atoms with van der Waals surface area (Å²) in [6.07, 6.45) is 0. The molecule has 5 nitrogen and oxygen atoms in total. The monoisotopic (exact) mass is 415 g/mol. The number of nitrogens with one attached hydrogen (secondary N) is 1. The lowest BCUT2D eigenvalue weighted by atomic mass is 10.2. The number of hydrogen-bond acceptors (Lipinski definition) is 4. The van der Waals surface area contributed by atoms with E-state index in [0.717, 1.165) is 47.4 Å². The lowest BCUT2D eigenvalue weighted by Gasteiger charge is -2.34. The number of nitrogens with zero attached hydrogens (tertiary/aromatic N) is 3. The van der Waals surface area contributed by atoms with Crippen molar-refractivity contribution >= 4 is 44.7 Å². The fourth-order valence-electron chi connectivity index (χ4n) is 3.56. The van der Waals surface area contributed by atoms with Gasteiger partial charge in [0.25, 0.3) is 5.91 Å². The van der Waals surface area contributed by atoms with Gasteiger partial charge in [-0.25, -0.2) is 4.98 Å². The van der Waals surface area contributed by atoms with Crippen molar-refractivity contribution < 1.29 is 9.69 Å². The van der Waals surface area contributed by atoms with E-state index in [1.165, 1.54) is 9.60 Å². The Hall–Kier alpha value is -2.15. The summed E-state index contributed by atoms with van der Waals surface area (Å²) in [6.45, 7) is 4.88. The van der Waals surface area contributed by atoms with Crippen molar-refractivity contribution in [2.24, 2.45) is 0 Å². The molecule has 1 saturated heterocycles. The van der Waals surface area contributed by atoms with Crippen molar-refractivity contribution in [1.29, 1.82) is 0 Å². The summed E-state index contributed by atoms with van der Waals surface area (Å²) < 4.78 is 1.17. The highest BCUT2D eigenvalue weighted by Crippen LogP contribution is 2.22. The number of para-hydroxylation sites is 1. The van der Waals surface area contributed by atoms with Gasteiger partial charge in [0.1, 0.15) is 5.01 Å². The molecule has 1 aliphatic heterocycles. The number of thiazole rings is 1. The minimum Gasteiger partial charge on any atom is -0.360 e. The molecular weight excluding hydrogens is 392 g/mol. The molecular formula is C21H24ClN4OS+. The second-order valence-electron chi connectivity index (χ2n) is 7.22.